The second-order valence-corrected chi connectivity index (χ2v) is 14.3. The van der Waals surface area contributed by atoms with Crippen molar-refractivity contribution in [2.24, 2.45) is 0 Å². The van der Waals surface area contributed by atoms with Crippen LogP contribution in [0.2, 0.25) is 0 Å². The van der Waals surface area contributed by atoms with E-state index in [0.29, 0.717) is 26.1 Å². The van der Waals surface area contributed by atoms with Crippen LogP contribution in [0.25, 0.3) is 0 Å². The molecular formula is C43H82O5. The van der Waals surface area contributed by atoms with E-state index in [1.54, 1.807) is 0 Å². The van der Waals surface area contributed by atoms with Crippen molar-refractivity contribution >= 4 is 11.9 Å². The minimum absolute atomic E-state index is 0.0880. The van der Waals surface area contributed by atoms with E-state index in [-0.39, 0.29) is 18.5 Å². The molecule has 5 nitrogen and oxygen atoms in total. The zero-order valence-corrected chi connectivity index (χ0v) is 32.5. The molecule has 1 atom stereocenters. The Bertz CT molecular complexity index is 691. The number of carbonyl (C=O) groups is 2. The van der Waals surface area contributed by atoms with Crippen LogP contribution in [0.5, 0.6) is 0 Å². The van der Waals surface area contributed by atoms with Crippen LogP contribution >= 0.6 is 0 Å². The molecule has 0 aliphatic carbocycles. The first-order chi connectivity index (χ1) is 23.6. The van der Waals surface area contributed by atoms with E-state index < -0.39 is 6.10 Å². The molecule has 0 saturated carbocycles. The van der Waals surface area contributed by atoms with Crippen molar-refractivity contribution in [3.8, 4) is 0 Å². The molecule has 0 heterocycles. The van der Waals surface area contributed by atoms with Gasteiger partial charge in [0.15, 0.2) is 6.10 Å². The fourth-order valence-corrected chi connectivity index (χ4v) is 6.08. The van der Waals surface area contributed by atoms with Crippen LogP contribution in [0.1, 0.15) is 226 Å². The van der Waals surface area contributed by atoms with Gasteiger partial charge in [0.25, 0.3) is 0 Å². The highest BCUT2D eigenvalue weighted by Gasteiger charge is 2.17. The summed E-state index contributed by atoms with van der Waals surface area (Å²) in [5.41, 5.74) is 0. The second kappa shape index (κ2) is 40.1. The molecule has 0 aromatic carbocycles. The molecule has 48 heavy (non-hydrogen) atoms. The summed E-state index contributed by atoms with van der Waals surface area (Å²) >= 11 is 0. The van der Waals surface area contributed by atoms with Crippen molar-refractivity contribution in [2.75, 3.05) is 19.8 Å². The molecule has 0 N–H and O–H groups in total. The van der Waals surface area contributed by atoms with Gasteiger partial charge in [0.1, 0.15) is 6.61 Å². The van der Waals surface area contributed by atoms with Gasteiger partial charge in [0, 0.05) is 19.4 Å². The highest BCUT2D eigenvalue weighted by molar-refractivity contribution is 5.70. The van der Waals surface area contributed by atoms with Crippen LogP contribution in [-0.4, -0.2) is 37.9 Å². The Labute approximate surface area is 299 Å². The summed E-state index contributed by atoms with van der Waals surface area (Å²) < 4.78 is 17.2. The summed E-state index contributed by atoms with van der Waals surface area (Å²) in [7, 11) is 0. The normalized spacial score (nSPS) is 12.1. The lowest BCUT2D eigenvalue weighted by Crippen LogP contribution is -2.30. The minimum atomic E-state index is -0.525. The van der Waals surface area contributed by atoms with Gasteiger partial charge >= 0.3 is 11.9 Å². The van der Waals surface area contributed by atoms with Gasteiger partial charge in [-0.05, 0) is 38.5 Å². The number of rotatable bonds is 39. The standard InChI is InChI=1S/C43H82O5/c1-4-7-10-13-16-18-20-21-22-24-26-29-32-35-38-46-39-41(48-43(45)37-34-31-27-15-12-9-6-3)40-47-42(44)36-33-30-28-25-23-19-17-14-11-8-5-2/h14,17,41H,4-13,15-16,18-40H2,1-3H3/b17-14-. The highest BCUT2D eigenvalue weighted by atomic mass is 16.6. The highest BCUT2D eigenvalue weighted by Crippen LogP contribution is 2.14. The third-order valence-electron chi connectivity index (χ3n) is 9.30. The first-order valence-electron chi connectivity index (χ1n) is 21.2. The molecule has 0 aliphatic rings. The zero-order chi connectivity index (χ0) is 35.0. The lowest BCUT2D eigenvalue weighted by atomic mass is 10.0. The molecule has 0 bridgehead atoms. The molecule has 0 rings (SSSR count). The van der Waals surface area contributed by atoms with Crippen LogP contribution in [-0.2, 0) is 23.8 Å². The van der Waals surface area contributed by atoms with Gasteiger partial charge in [0.05, 0.1) is 6.61 Å². The van der Waals surface area contributed by atoms with Crippen molar-refractivity contribution in [1.82, 2.24) is 0 Å². The van der Waals surface area contributed by atoms with Crippen LogP contribution in [0.15, 0.2) is 12.2 Å². The van der Waals surface area contributed by atoms with Gasteiger partial charge in [-0.25, -0.2) is 0 Å². The third kappa shape index (κ3) is 37.5. The monoisotopic (exact) mass is 679 g/mol. The smallest absolute Gasteiger partial charge is 0.306 e. The van der Waals surface area contributed by atoms with Gasteiger partial charge in [-0.3, -0.25) is 9.59 Å². The number of hydrogen-bond acceptors (Lipinski definition) is 5. The molecule has 0 aromatic heterocycles. The minimum Gasteiger partial charge on any atom is -0.462 e. The number of hydrogen-bond donors (Lipinski definition) is 0. The number of esters is 2. The molecule has 0 aromatic rings. The Hall–Kier alpha value is -1.36. The van der Waals surface area contributed by atoms with Gasteiger partial charge in [-0.15, -0.1) is 0 Å². The molecule has 0 radical (unpaired) electrons. The van der Waals surface area contributed by atoms with E-state index in [4.69, 9.17) is 14.2 Å². The van der Waals surface area contributed by atoms with Gasteiger partial charge < -0.3 is 14.2 Å². The Morgan fingerprint density at radius 2 is 0.833 bits per heavy atom. The summed E-state index contributed by atoms with van der Waals surface area (Å²) in [6, 6.07) is 0. The van der Waals surface area contributed by atoms with E-state index in [1.165, 1.54) is 148 Å². The maximum absolute atomic E-state index is 12.6. The molecule has 284 valence electrons. The first kappa shape index (κ1) is 46.6. The molecule has 5 heteroatoms. The quantitative estimate of drug-likeness (QED) is 0.0368. The predicted molar refractivity (Wildman–Crippen MR) is 206 cm³/mol. The summed E-state index contributed by atoms with van der Waals surface area (Å²) in [5, 5.41) is 0. The molecule has 1 unspecified atom stereocenters. The van der Waals surface area contributed by atoms with E-state index in [1.807, 2.05) is 0 Å². The molecular weight excluding hydrogens is 596 g/mol. The SMILES string of the molecule is CCCC/C=C\CCCCCCCC(=O)OCC(COCCCCCCCCCCCCCCCC)OC(=O)CCCCCCCCC. The summed E-state index contributed by atoms with van der Waals surface area (Å²) in [5.74, 6) is -0.404. The third-order valence-corrected chi connectivity index (χ3v) is 9.30. The van der Waals surface area contributed by atoms with E-state index in [9.17, 15) is 9.59 Å². The number of carbonyl (C=O) groups excluding carboxylic acids is 2. The molecule has 0 fully saturated rings. The maximum Gasteiger partial charge on any atom is 0.306 e. The largest absolute Gasteiger partial charge is 0.462 e. The van der Waals surface area contributed by atoms with Crippen LogP contribution in [0.4, 0.5) is 0 Å². The van der Waals surface area contributed by atoms with Gasteiger partial charge in [-0.2, -0.15) is 0 Å². The lowest BCUT2D eigenvalue weighted by Gasteiger charge is -2.18. The van der Waals surface area contributed by atoms with Crippen molar-refractivity contribution in [3.63, 3.8) is 0 Å². The van der Waals surface area contributed by atoms with E-state index in [0.717, 1.165) is 44.9 Å². The van der Waals surface area contributed by atoms with Crippen LogP contribution in [0.3, 0.4) is 0 Å². The van der Waals surface area contributed by atoms with Crippen LogP contribution < -0.4 is 0 Å². The average molecular weight is 679 g/mol. The molecule has 0 aliphatic heterocycles. The van der Waals surface area contributed by atoms with Crippen molar-refractivity contribution in [3.05, 3.63) is 12.2 Å². The van der Waals surface area contributed by atoms with Crippen molar-refractivity contribution in [1.29, 1.82) is 0 Å². The molecule has 0 amide bonds. The summed E-state index contributed by atoms with van der Waals surface area (Å²) in [6.45, 7) is 7.77. The Balaban J connectivity index is 4.14. The van der Waals surface area contributed by atoms with E-state index in [2.05, 4.69) is 32.9 Å². The zero-order valence-electron chi connectivity index (χ0n) is 32.5. The van der Waals surface area contributed by atoms with Gasteiger partial charge in [0.2, 0.25) is 0 Å². The molecule has 0 spiro atoms. The van der Waals surface area contributed by atoms with Crippen molar-refractivity contribution < 1.29 is 23.8 Å². The second-order valence-electron chi connectivity index (χ2n) is 14.3. The Morgan fingerprint density at radius 3 is 1.33 bits per heavy atom. The fraction of sp³-hybridized carbons (Fsp3) is 0.907. The maximum atomic E-state index is 12.6. The Morgan fingerprint density at radius 1 is 0.438 bits per heavy atom. The predicted octanol–water partition coefficient (Wildman–Crippen LogP) is 13.6. The molecule has 0 saturated heterocycles. The van der Waals surface area contributed by atoms with Gasteiger partial charge in [-0.1, -0.05) is 187 Å². The van der Waals surface area contributed by atoms with Crippen LogP contribution in [0, 0.1) is 0 Å². The first-order valence-corrected chi connectivity index (χ1v) is 21.2. The van der Waals surface area contributed by atoms with Crippen molar-refractivity contribution in [2.45, 2.75) is 232 Å². The Kier molecular flexibility index (Phi) is 38.9. The summed E-state index contributed by atoms with van der Waals surface area (Å²) in [6.07, 6.45) is 42.1. The topological polar surface area (TPSA) is 61.8 Å². The number of ether oxygens (including phenoxy) is 3. The number of unbranched alkanes of at least 4 members (excludes halogenated alkanes) is 26. The average Bonchev–Trinajstić information content (AvgIpc) is 3.08. The lowest BCUT2D eigenvalue weighted by molar-refractivity contribution is -0.163. The number of allylic oxidation sites excluding steroid dienone is 2. The fourth-order valence-electron chi connectivity index (χ4n) is 6.08. The van der Waals surface area contributed by atoms with E-state index >= 15 is 0 Å². The summed E-state index contributed by atoms with van der Waals surface area (Å²) in [4.78, 5) is 25.0.